The first kappa shape index (κ1) is 10.3. The Labute approximate surface area is 96.2 Å². The topological polar surface area (TPSA) is 74.8 Å². The van der Waals surface area contributed by atoms with Crippen LogP contribution in [0.3, 0.4) is 0 Å². The molecular weight excluding hydrogens is 256 g/mol. The summed E-state index contributed by atoms with van der Waals surface area (Å²) in [5.74, 6) is 0. The molecule has 0 spiro atoms. The molecule has 0 heterocycles. The number of azide groups is 1. The lowest BCUT2D eigenvalue weighted by Gasteiger charge is -2.23. The highest BCUT2D eigenvalue weighted by Gasteiger charge is 2.21. The van der Waals surface area contributed by atoms with Crippen LogP contribution in [0.25, 0.3) is 10.4 Å². The Hall–Kier alpha value is -1.19. The van der Waals surface area contributed by atoms with Gasteiger partial charge in [0.25, 0.3) is 0 Å². The monoisotopic (exact) mass is 266 g/mol. The van der Waals surface area contributed by atoms with Crippen molar-refractivity contribution in [1.29, 1.82) is 0 Å². The zero-order valence-electron chi connectivity index (χ0n) is 8.15. The van der Waals surface area contributed by atoms with Crippen molar-refractivity contribution in [2.24, 2.45) is 5.11 Å². The van der Waals surface area contributed by atoms with Gasteiger partial charge in [0, 0.05) is 21.1 Å². The Morgan fingerprint density at radius 1 is 1.47 bits per heavy atom. The van der Waals surface area contributed by atoms with Crippen molar-refractivity contribution in [3.63, 3.8) is 0 Å². The number of anilines is 1. The van der Waals surface area contributed by atoms with Crippen LogP contribution >= 0.6 is 15.9 Å². The van der Waals surface area contributed by atoms with Gasteiger partial charge in [-0.15, -0.1) is 0 Å². The third kappa shape index (κ3) is 1.94. The molecule has 2 rings (SSSR count). The SMILES string of the molecule is [N-]=[N+]=NC1CCc2c(Br)ccc(N)c2C1. The minimum atomic E-state index is 0.0547. The Morgan fingerprint density at radius 3 is 3.00 bits per heavy atom. The van der Waals surface area contributed by atoms with E-state index in [9.17, 15) is 0 Å². The smallest absolute Gasteiger partial charge is 0.0418 e. The van der Waals surface area contributed by atoms with Crippen LogP contribution in [0.1, 0.15) is 17.5 Å². The van der Waals surface area contributed by atoms with Gasteiger partial charge in [-0.3, -0.25) is 0 Å². The Balaban J connectivity index is 2.40. The van der Waals surface area contributed by atoms with E-state index >= 15 is 0 Å². The van der Waals surface area contributed by atoms with Gasteiger partial charge in [-0.1, -0.05) is 21.0 Å². The molecule has 78 valence electrons. The summed E-state index contributed by atoms with van der Waals surface area (Å²) in [5, 5.41) is 3.76. The molecule has 1 aromatic carbocycles. The molecule has 4 nitrogen and oxygen atoms in total. The van der Waals surface area contributed by atoms with E-state index in [0.29, 0.717) is 0 Å². The third-order valence-electron chi connectivity index (χ3n) is 2.79. The first-order chi connectivity index (χ1) is 7.22. The van der Waals surface area contributed by atoms with Gasteiger partial charge in [-0.05, 0) is 48.1 Å². The van der Waals surface area contributed by atoms with Crippen LogP contribution in [0, 0.1) is 0 Å². The summed E-state index contributed by atoms with van der Waals surface area (Å²) in [4.78, 5) is 2.86. The average Bonchev–Trinajstić information content (AvgIpc) is 2.24. The molecule has 0 saturated heterocycles. The largest absolute Gasteiger partial charge is 0.398 e. The summed E-state index contributed by atoms with van der Waals surface area (Å²) in [7, 11) is 0. The highest BCUT2D eigenvalue weighted by Crippen LogP contribution is 2.33. The summed E-state index contributed by atoms with van der Waals surface area (Å²) in [6.07, 6.45) is 2.58. The molecule has 2 N–H and O–H groups in total. The van der Waals surface area contributed by atoms with Crippen LogP contribution in [-0.2, 0) is 12.8 Å². The van der Waals surface area contributed by atoms with E-state index in [4.69, 9.17) is 11.3 Å². The van der Waals surface area contributed by atoms with Gasteiger partial charge in [0.05, 0.1) is 0 Å². The van der Waals surface area contributed by atoms with E-state index in [1.54, 1.807) is 0 Å². The summed E-state index contributed by atoms with van der Waals surface area (Å²) >= 11 is 3.52. The van der Waals surface area contributed by atoms with E-state index < -0.39 is 0 Å². The minimum Gasteiger partial charge on any atom is -0.398 e. The summed E-state index contributed by atoms with van der Waals surface area (Å²) in [5.41, 5.74) is 17.5. The quantitative estimate of drug-likeness (QED) is 0.360. The Bertz CT molecular complexity index is 437. The van der Waals surface area contributed by atoms with Gasteiger partial charge in [0.15, 0.2) is 0 Å². The maximum Gasteiger partial charge on any atom is 0.0418 e. The van der Waals surface area contributed by atoms with Gasteiger partial charge < -0.3 is 5.73 Å². The van der Waals surface area contributed by atoms with Crippen LogP contribution < -0.4 is 5.73 Å². The molecule has 1 atom stereocenters. The number of nitrogen functional groups attached to an aromatic ring is 1. The fraction of sp³-hybridized carbons (Fsp3) is 0.400. The van der Waals surface area contributed by atoms with Crippen molar-refractivity contribution in [3.05, 3.63) is 38.2 Å². The molecule has 0 aliphatic heterocycles. The first-order valence-electron chi connectivity index (χ1n) is 4.82. The summed E-state index contributed by atoms with van der Waals surface area (Å²) in [6, 6.07) is 3.92. The van der Waals surface area contributed by atoms with Gasteiger partial charge in [0.2, 0.25) is 0 Å². The average molecular weight is 267 g/mol. The maximum absolute atomic E-state index is 8.41. The maximum atomic E-state index is 8.41. The number of nitrogens with zero attached hydrogens (tertiary/aromatic N) is 3. The third-order valence-corrected chi connectivity index (χ3v) is 3.54. The molecule has 0 fully saturated rings. The number of hydrogen-bond donors (Lipinski definition) is 1. The van der Waals surface area contributed by atoms with Gasteiger partial charge >= 0.3 is 0 Å². The molecular formula is C10H11BrN4. The number of hydrogen-bond acceptors (Lipinski definition) is 2. The summed E-state index contributed by atoms with van der Waals surface area (Å²) < 4.78 is 1.10. The van der Waals surface area contributed by atoms with Gasteiger partial charge in [0.1, 0.15) is 0 Å². The highest BCUT2D eigenvalue weighted by molar-refractivity contribution is 9.10. The lowest BCUT2D eigenvalue weighted by molar-refractivity contribution is 0.573. The van der Waals surface area contributed by atoms with Crippen LogP contribution in [0.4, 0.5) is 5.69 Å². The van der Waals surface area contributed by atoms with Gasteiger partial charge in [-0.25, -0.2) is 0 Å². The summed E-state index contributed by atoms with van der Waals surface area (Å²) in [6.45, 7) is 0. The van der Waals surface area contributed by atoms with Crippen molar-refractivity contribution in [2.45, 2.75) is 25.3 Å². The lowest BCUT2D eigenvalue weighted by Crippen LogP contribution is -2.18. The molecule has 0 saturated carbocycles. The number of fused-ring (bicyclic) bond motifs is 1. The molecule has 0 radical (unpaired) electrons. The fourth-order valence-electron chi connectivity index (χ4n) is 2.01. The number of benzene rings is 1. The molecule has 0 bridgehead atoms. The fourth-order valence-corrected chi connectivity index (χ4v) is 2.58. The molecule has 1 aliphatic carbocycles. The molecule has 1 aromatic rings. The lowest BCUT2D eigenvalue weighted by atomic mass is 9.88. The van der Waals surface area contributed by atoms with Crippen LogP contribution in [-0.4, -0.2) is 6.04 Å². The van der Waals surface area contributed by atoms with E-state index in [-0.39, 0.29) is 6.04 Å². The minimum absolute atomic E-state index is 0.0547. The van der Waals surface area contributed by atoms with Crippen LogP contribution in [0.5, 0.6) is 0 Å². The Morgan fingerprint density at radius 2 is 2.27 bits per heavy atom. The number of nitrogens with two attached hydrogens (primary N) is 1. The second kappa shape index (κ2) is 4.13. The van der Waals surface area contributed by atoms with E-state index in [1.165, 1.54) is 5.56 Å². The predicted octanol–water partition coefficient (Wildman–Crippen LogP) is 3.20. The normalized spacial score (nSPS) is 19.1. The van der Waals surface area contributed by atoms with Crippen molar-refractivity contribution in [3.8, 4) is 0 Å². The first-order valence-corrected chi connectivity index (χ1v) is 5.61. The van der Waals surface area contributed by atoms with Crippen molar-refractivity contribution in [1.82, 2.24) is 0 Å². The van der Waals surface area contributed by atoms with Gasteiger partial charge in [-0.2, -0.15) is 0 Å². The molecule has 0 aromatic heterocycles. The van der Waals surface area contributed by atoms with E-state index in [2.05, 4.69) is 26.0 Å². The van der Waals surface area contributed by atoms with Crippen LogP contribution in [0.15, 0.2) is 21.7 Å². The van der Waals surface area contributed by atoms with Crippen molar-refractivity contribution in [2.75, 3.05) is 5.73 Å². The van der Waals surface area contributed by atoms with E-state index in [0.717, 1.165) is 35.0 Å². The highest BCUT2D eigenvalue weighted by atomic mass is 79.9. The molecule has 0 amide bonds. The van der Waals surface area contributed by atoms with Crippen molar-refractivity contribution < 1.29 is 0 Å². The standard InChI is InChI=1S/C10H11BrN4/c11-9-3-4-10(12)8-5-6(14-15-13)1-2-7(8)9/h3-4,6H,1-2,5,12H2. The molecule has 1 aliphatic rings. The zero-order chi connectivity index (χ0) is 10.8. The van der Waals surface area contributed by atoms with Crippen molar-refractivity contribution >= 4 is 21.6 Å². The second-order valence-corrected chi connectivity index (χ2v) is 4.55. The Kier molecular flexibility index (Phi) is 2.84. The molecule has 15 heavy (non-hydrogen) atoms. The number of halogens is 1. The van der Waals surface area contributed by atoms with Crippen LogP contribution in [0.2, 0.25) is 0 Å². The molecule has 1 unspecified atom stereocenters. The molecule has 5 heteroatoms. The number of rotatable bonds is 1. The predicted molar refractivity (Wildman–Crippen MR) is 63.5 cm³/mol. The zero-order valence-corrected chi connectivity index (χ0v) is 9.74. The second-order valence-electron chi connectivity index (χ2n) is 3.70. The van der Waals surface area contributed by atoms with E-state index in [1.807, 2.05) is 12.1 Å².